The van der Waals surface area contributed by atoms with Gasteiger partial charge in [-0.2, -0.15) is 0 Å². The number of aryl methyl sites for hydroxylation is 2. The molecular weight excluding hydrogens is 346 g/mol. The molecule has 0 radical (unpaired) electrons. The predicted octanol–water partition coefficient (Wildman–Crippen LogP) is 5.94. The third-order valence-electron chi connectivity index (χ3n) is 5.60. The molecule has 2 aromatic rings. The summed E-state index contributed by atoms with van der Waals surface area (Å²) in [5.74, 6) is 0.854. The van der Waals surface area contributed by atoms with Crippen LogP contribution in [0.15, 0.2) is 46.9 Å². The van der Waals surface area contributed by atoms with Crippen LogP contribution in [-0.4, -0.2) is 22.3 Å². The van der Waals surface area contributed by atoms with Crippen molar-refractivity contribution in [2.24, 2.45) is 4.99 Å². The first-order chi connectivity index (χ1) is 13.8. The number of rotatable bonds is 4. The second-order valence-corrected chi connectivity index (χ2v) is 7.76. The third-order valence-corrected chi connectivity index (χ3v) is 5.60. The highest BCUT2D eigenvalue weighted by atomic mass is 16.5. The second kappa shape index (κ2) is 9.13. The summed E-state index contributed by atoms with van der Waals surface area (Å²) in [4.78, 5) is 11.8. The summed E-state index contributed by atoms with van der Waals surface area (Å²) in [5.41, 5.74) is 6.83. The minimum Gasteiger partial charge on any atom is -0.492 e. The van der Waals surface area contributed by atoms with Crippen molar-refractivity contribution in [1.29, 1.82) is 0 Å². The molecule has 2 aromatic heterocycles. The SMILES string of the molecule is CCOC1=CC(c2ccc[nH]2)=NC1=Cc1[nH]c2cc1CCCCCCCCC2. The van der Waals surface area contributed by atoms with Gasteiger partial charge in [0.2, 0.25) is 0 Å². The Hall–Kier alpha value is -2.49. The number of aromatic nitrogens is 2. The van der Waals surface area contributed by atoms with Crippen molar-refractivity contribution in [3.8, 4) is 0 Å². The Morgan fingerprint density at radius 2 is 1.86 bits per heavy atom. The van der Waals surface area contributed by atoms with E-state index < -0.39 is 0 Å². The zero-order valence-corrected chi connectivity index (χ0v) is 16.9. The number of hydrogen-bond acceptors (Lipinski definition) is 2. The smallest absolute Gasteiger partial charge is 0.147 e. The Labute approximate surface area is 167 Å². The zero-order valence-electron chi connectivity index (χ0n) is 16.9. The quantitative estimate of drug-likeness (QED) is 0.681. The Balaban J connectivity index is 1.63. The molecule has 0 saturated heterocycles. The summed E-state index contributed by atoms with van der Waals surface area (Å²) in [6.07, 6.45) is 17.8. The van der Waals surface area contributed by atoms with Gasteiger partial charge in [-0.05, 0) is 62.4 Å². The van der Waals surface area contributed by atoms with E-state index in [9.17, 15) is 0 Å². The van der Waals surface area contributed by atoms with Crippen LogP contribution in [0.5, 0.6) is 0 Å². The van der Waals surface area contributed by atoms with E-state index in [1.165, 1.54) is 61.9 Å². The molecule has 0 spiro atoms. The van der Waals surface area contributed by atoms with Crippen LogP contribution in [0.2, 0.25) is 0 Å². The molecule has 28 heavy (non-hydrogen) atoms. The molecule has 2 aliphatic rings. The van der Waals surface area contributed by atoms with Gasteiger partial charge in [-0.1, -0.05) is 32.1 Å². The molecule has 0 atom stereocenters. The molecule has 0 aromatic carbocycles. The third kappa shape index (κ3) is 4.49. The van der Waals surface area contributed by atoms with E-state index in [2.05, 4.69) is 22.1 Å². The lowest BCUT2D eigenvalue weighted by molar-refractivity contribution is 0.239. The van der Waals surface area contributed by atoms with Crippen molar-refractivity contribution < 1.29 is 4.74 Å². The maximum absolute atomic E-state index is 5.88. The molecule has 0 amide bonds. The summed E-state index contributed by atoms with van der Waals surface area (Å²) < 4.78 is 5.88. The molecule has 2 bridgehead atoms. The number of nitrogens with zero attached hydrogens (tertiary/aromatic N) is 1. The van der Waals surface area contributed by atoms with E-state index in [1.807, 2.05) is 31.3 Å². The number of hydrogen-bond donors (Lipinski definition) is 2. The van der Waals surface area contributed by atoms with Gasteiger partial charge in [0, 0.05) is 23.7 Å². The minimum atomic E-state index is 0.638. The van der Waals surface area contributed by atoms with E-state index in [0.717, 1.165) is 35.7 Å². The van der Waals surface area contributed by atoms with E-state index in [0.29, 0.717) is 6.61 Å². The Morgan fingerprint density at radius 3 is 2.61 bits per heavy atom. The number of H-pyrrole nitrogens is 2. The van der Waals surface area contributed by atoms with E-state index in [-0.39, 0.29) is 0 Å². The lowest BCUT2D eigenvalue weighted by Gasteiger charge is -2.06. The highest BCUT2D eigenvalue weighted by Crippen LogP contribution is 2.27. The second-order valence-electron chi connectivity index (χ2n) is 7.76. The van der Waals surface area contributed by atoms with Crippen LogP contribution in [0.4, 0.5) is 0 Å². The lowest BCUT2D eigenvalue weighted by Crippen LogP contribution is -1.94. The number of allylic oxidation sites excluding steroid dienone is 1. The van der Waals surface area contributed by atoms with Crippen LogP contribution in [0.1, 0.15) is 74.5 Å². The Morgan fingerprint density at radius 1 is 1.07 bits per heavy atom. The average Bonchev–Trinajstić information content (AvgIpc) is 3.41. The summed E-state index contributed by atoms with van der Waals surface area (Å²) in [6.45, 7) is 2.66. The molecule has 0 unspecified atom stereocenters. The fraction of sp³-hybridized carbons (Fsp3) is 0.458. The van der Waals surface area contributed by atoms with Crippen LogP contribution in [-0.2, 0) is 17.6 Å². The van der Waals surface area contributed by atoms with E-state index in [1.54, 1.807) is 0 Å². The first kappa shape index (κ1) is 18.9. The minimum absolute atomic E-state index is 0.638. The fourth-order valence-corrected chi connectivity index (χ4v) is 4.12. The zero-order chi connectivity index (χ0) is 19.2. The van der Waals surface area contributed by atoms with Crippen LogP contribution < -0.4 is 0 Å². The Kier molecular flexibility index (Phi) is 6.15. The fourth-order valence-electron chi connectivity index (χ4n) is 4.12. The van der Waals surface area contributed by atoms with E-state index in [4.69, 9.17) is 9.73 Å². The molecule has 4 heteroatoms. The van der Waals surface area contributed by atoms with Gasteiger partial charge in [-0.15, -0.1) is 0 Å². The van der Waals surface area contributed by atoms with Crippen LogP contribution >= 0.6 is 0 Å². The largest absolute Gasteiger partial charge is 0.492 e. The van der Waals surface area contributed by atoms with Gasteiger partial charge in [-0.25, -0.2) is 4.99 Å². The van der Waals surface area contributed by atoms with Crippen molar-refractivity contribution in [3.63, 3.8) is 0 Å². The number of aliphatic imine (C=N–C) groups is 1. The molecule has 148 valence electrons. The van der Waals surface area contributed by atoms with Gasteiger partial charge in [0.15, 0.2) is 0 Å². The van der Waals surface area contributed by atoms with Gasteiger partial charge in [0.1, 0.15) is 11.5 Å². The first-order valence-electron chi connectivity index (χ1n) is 10.8. The molecule has 4 rings (SSSR count). The number of aromatic amines is 2. The summed E-state index contributed by atoms with van der Waals surface area (Å²) in [5, 5.41) is 0. The molecule has 0 saturated carbocycles. The maximum Gasteiger partial charge on any atom is 0.147 e. The highest BCUT2D eigenvalue weighted by molar-refractivity contribution is 6.11. The standard InChI is InChI=1S/C24H31N3O/c1-2-28-24-17-22(20-13-10-14-25-20)27-23(24)16-21-18-11-8-6-4-3-5-7-9-12-19(15-18)26-21/h10,13-17,25-26H,2-9,11-12H2,1H3. The van der Waals surface area contributed by atoms with E-state index >= 15 is 0 Å². The monoisotopic (exact) mass is 377 g/mol. The number of fused-ring (bicyclic) bond motifs is 2. The van der Waals surface area contributed by atoms with Crippen molar-refractivity contribution in [2.75, 3.05) is 6.61 Å². The van der Waals surface area contributed by atoms with Crippen LogP contribution in [0, 0.1) is 0 Å². The normalized spacial score (nSPS) is 19.7. The first-order valence-corrected chi connectivity index (χ1v) is 10.8. The highest BCUT2D eigenvalue weighted by Gasteiger charge is 2.19. The van der Waals surface area contributed by atoms with Crippen LogP contribution in [0.3, 0.4) is 0 Å². The molecule has 4 nitrogen and oxygen atoms in total. The van der Waals surface area contributed by atoms with Gasteiger partial charge in [0.25, 0.3) is 0 Å². The van der Waals surface area contributed by atoms with Gasteiger partial charge < -0.3 is 14.7 Å². The average molecular weight is 378 g/mol. The van der Waals surface area contributed by atoms with Gasteiger partial charge >= 0.3 is 0 Å². The van der Waals surface area contributed by atoms with Crippen molar-refractivity contribution in [2.45, 2.75) is 64.7 Å². The summed E-state index contributed by atoms with van der Waals surface area (Å²) >= 11 is 0. The van der Waals surface area contributed by atoms with Crippen molar-refractivity contribution >= 4 is 11.8 Å². The Bertz CT molecular complexity index is 868. The summed E-state index contributed by atoms with van der Waals surface area (Å²) in [7, 11) is 0. The molecule has 3 heterocycles. The predicted molar refractivity (Wildman–Crippen MR) is 116 cm³/mol. The molecular formula is C24H31N3O. The van der Waals surface area contributed by atoms with Gasteiger partial charge in [0.05, 0.1) is 18.0 Å². The number of nitrogens with one attached hydrogen (secondary N) is 2. The van der Waals surface area contributed by atoms with Gasteiger partial charge in [-0.3, -0.25) is 0 Å². The summed E-state index contributed by atoms with van der Waals surface area (Å²) in [6, 6.07) is 6.42. The maximum atomic E-state index is 5.88. The molecule has 1 aliphatic heterocycles. The lowest BCUT2D eigenvalue weighted by atomic mass is 10.0. The topological polar surface area (TPSA) is 53.2 Å². The van der Waals surface area contributed by atoms with Crippen LogP contribution in [0.25, 0.3) is 6.08 Å². The molecule has 0 fully saturated rings. The molecule has 1 aliphatic carbocycles. The van der Waals surface area contributed by atoms with Crippen molar-refractivity contribution in [3.05, 3.63) is 64.6 Å². The van der Waals surface area contributed by atoms with Crippen molar-refractivity contribution in [1.82, 2.24) is 9.97 Å². The molecule has 2 N–H and O–H groups in total. The number of ether oxygens (including phenoxy) is 1.